The third-order valence-corrected chi connectivity index (χ3v) is 6.32. The lowest BCUT2D eigenvalue weighted by atomic mass is 10.1. The summed E-state index contributed by atoms with van der Waals surface area (Å²) in [7, 11) is 0. The number of hydrogen-bond donors (Lipinski definition) is 1. The first-order valence-electron chi connectivity index (χ1n) is 10.4. The molecule has 1 fully saturated rings. The molecule has 1 N–H and O–H groups in total. The summed E-state index contributed by atoms with van der Waals surface area (Å²) in [6.07, 6.45) is 1.73. The molecule has 1 aliphatic rings. The zero-order valence-electron chi connectivity index (χ0n) is 17.5. The molecule has 0 unspecified atom stereocenters. The fourth-order valence-corrected chi connectivity index (χ4v) is 4.31. The van der Waals surface area contributed by atoms with Gasteiger partial charge < -0.3 is 14.8 Å². The van der Waals surface area contributed by atoms with Crippen LogP contribution in [-0.2, 0) is 22.7 Å². The van der Waals surface area contributed by atoms with Crippen LogP contribution in [0, 0.1) is 6.92 Å². The van der Waals surface area contributed by atoms with Crippen LogP contribution in [0.25, 0.3) is 11.0 Å². The van der Waals surface area contributed by atoms with E-state index >= 15 is 0 Å². The first-order chi connectivity index (χ1) is 14.9. The van der Waals surface area contributed by atoms with Gasteiger partial charge in [0.1, 0.15) is 11.3 Å². The molecule has 0 radical (unpaired) electrons. The van der Waals surface area contributed by atoms with Gasteiger partial charge in [-0.05, 0) is 25.0 Å². The van der Waals surface area contributed by atoms with Crippen LogP contribution in [-0.4, -0.2) is 32.8 Å². The first kappa shape index (κ1) is 21.7. The Balaban J connectivity index is 1.87. The highest BCUT2D eigenvalue weighted by molar-refractivity contribution is 6.45. The van der Waals surface area contributed by atoms with E-state index in [0.29, 0.717) is 48.7 Å². The van der Waals surface area contributed by atoms with Gasteiger partial charge in [0, 0.05) is 25.9 Å². The third kappa shape index (κ3) is 4.41. The van der Waals surface area contributed by atoms with Crippen molar-refractivity contribution in [2.75, 3.05) is 11.9 Å². The largest absolute Gasteiger partial charge is 0.335 e. The quantitative estimate of drug-likeness (QED) is 0.553. The van der Waals surface area contributed by atoms with Gasteiger partial charge in [-0.15, -0.1) is 0 Å². The minimum atomic E-state index is -0.171. The predicted octanol–water partition coefficient (Wildman–Crippen LogP) is 5.17. The number of aromatic nitrogens is 2. The SMILES string of the molecule is CCC(=O)Nc1c(Cl)c(Cl)cc2c1nc(CN1CCCC1=O)n2Cc1cccc(C)c1. The number of hydrogen-bond acceptors (Lipinski definition) is 3. The van der Waals surface area contributed by atoms with Crippen molar-refractivity contribution in [3.63, 3.8) is 0 Å². The zero-order chi connectivity index (χ0) is 22.1. The fraction of sp³-hybridized carbons (Fsp3) is 0.348. The Morgan fingerprint density at radius 3 is 2.71 bits per heavy atom. The van der Waals surface area contributed by atoms with Crippen LogP contribution in [0.1, 0.15) is 43.1 Å². The van der Waals surface area contributed by atoms with Crippen molar-refractivity contribution in [3.05, 3.63) is 57.3 Å². The topological polar surface area (TPSA) is 67.2 Å². The number of nitrogens with one attached hydrogen (secondary N) is 1. The summed E-state index contributed by atoms with van der Waals surface area (Å²) >= 11 is 12.9. The van der Waals surface area contributed by atoms with Gasteiger partial charge in [-0.2, -0.15) is 0 Å². The molecule has 0 aliphatic carbocycles. The van der Waals surface area contributed by atoms with E-state index in [9.17, 15) is 9.59 Å². The second-order valence-electron chi connectivity index (χ2n) is 7.84. The molecule has 1 aromatic heterocycles. The molecule has 1 saturated heterocycles. The van der Waals surface area contributed by atoms with Crippen LogP contribution in [0.15, 0.2) is 30.3 Å². The molecule has 8 heteroatoms. The molecule has 1 aliphatic heterocycles. The number of nitrogens with zero attached hydrogens (tertiary/aromatic N) is 3. The summed E-state index contributed by atoms with van der Waals surface area (Å²) in [5.74, 6) is 0.691. The lowest BCUT2D eigenvalue weighted by Gasteiger charge is -2.17. The van der Waals surface area contributed by atoms with E-state index in [1.165, 1.54) is 0 Å². The second kappa shape index (κ2) is 8.89. The highest BCUT2D eigenvalue weighted by Gasteiger charge is 2.25. The van der Waals surface area contributed by atoms with E-state index in [0.717, 1.165) is 28.9 Å². The number of benzene rings is 2. The number of fused-ring (bicyclic) bond motifs is 1. The van der Waals surface area contributed by atoms with Crippen molar-refractivity contribution in [1.29, 1.82) is 0 Å². The first-order valence-corrected chi connectivity index (χ1v) is 11.1. The summed E-state index contributed by atoms with van der Waals surface area (Å²) in [4.78, 5) is 31.0. The number of anilines is 1. The maximum atomic E-state index is 12.3. The molecule has 2 amide bonds. The number of amides is 2. The van der Waals surface area contributed by atoms with Gasteiger partial charge in [-0.3, -0.25) is 9.59 Å². The Bertz CT molecular complexity index is 1170. The number of likely N-dealkylation sites (tertiary alicyclic amines) is 1. The maximum Gasteiger partial charge on any atom is 0.224 e. The van der Waals surface area contributed by atoms with E-state index in [1.54, 1.807) is 13.0 Å². The number of carbonyl (C=O) groups is 2. The summed E-state index contributed by atoms with van der Waals surface area (Å²) < 4.78 is 2.06. The lowest BCUT2D eigenvalue weighted by Crippen LogP contribution is -2.26. The van der Waals surface area contributed by atoms with Crippen molar-refractivity contribution in [2.45, 2.75) is 46.2 Å². The van der Waals surface area contributed by atoms with Crippen molar-refractivity contribution in [2.24, 2.45) is 0 Å². The normalized spacial score (nSPS) is 13.9. The van der Waals surface area contributed by atoms with E-state index in [2.05, 4.69) is 22.0 Å². The van der Waals surface area contributed by atoms with Crippen LogP contribution >= 0.6 is 23.2 Å². The monoisotopic (exact) mass is 458 g/mol. The van der Waals surface area contributed by atoms with Crippen LogP contribution in [0.2, 0.25) is 10.0 Å². The Morgan fingerprint density at radius 2 is 2.03 bits per heavy atom. The molecular weight excluding hydrogens is 435 g/mol. The predicted molar refractivity (Wildman–Crippen MR) is 124 cm³/mol. The minimum Gasteiger partial charge on any atom is -0.335 e. The Kier molecular flexibility index (Phi) is 6.21. The number of aryl methyl sites for hydroxylation is 1. The van der Waals surface area contributed by atoms with Crippen molar-refractivity contribution >= 4 is 51.7 Å². The third-order valence-electron chi connectivity index (χ3n) is 5.53. The van der Waals surface area contributed by atoms with Gasteiger partial charge in [-0.1, -0.05) is 60.0 Å². The number of imidazole rings is 1. The molecule has 0 bridgehead atoms. The van der Waals surface area contributed by atoms with Crippen molar-refractivity contribution in [1.82, 2.24) is 14.5 Å². The number of rotatable bonds is 6. The molecule has 162 valence electrons. The summed E-state index contributed by atoms with van der Waals surface area (Å²) in [5.41, 5.74) is 4.02. The average Bonchev–Trinajstić information content (AvgIpc) is 3.29. The Morgan fingerprint density at radius 1 is 1.23 bits per heavy atom. The molecule has 31 heavy (non-hydrogen) atoms. The van der Waals surface area contributed by atoms with Crippen LogP contribution in [0.5, 0.6) is 0 Å². The smallest absolute Gasteiger partial charge is 0.224 e. The standard InChI is InChI=1S/C23H24Cl2N4O2/c1-3-19(30)27-23-21(25)16(24)11-17-22(23)26-18(13-28-9-5-8-20(28)31)29(17)12-15-7-4-6-14(2)10-15/h4,6-7,10-11H,3,5,8-9,12-13H2,1-2H3,(H,27,30). The Hall–Kier alpha value is -2.57. The van der Waals surface area contributed by atoms with Gasteiger partial charge in [0.2, 0.25) is 11.8 Å². The fourth-order valence-electron chi connectivity index (χ4n) is 3.92. The molecule has 2 heterocycles. The van der Waals surface area contributed by atoms with Crippen molar-refractivity contribution in [3.8, 4) is 0 Å². The molecule has 3 aromatic rings. The minimum absolute atomic E-state index is 0.129. The maximum absolute atomic E-state index is 12.3. The molecule has 0 spiro atoms. The Labute approximate surface area is 191 Å². The second-order valence-corrected chi connectivity index (χ2v) is 8.62. The summed E-state index contributed by atoms with van der Waals surface area (Å²) in [5, 5.41) is 3.45. The van der Waals surface area contributed by atoms with Gasteiger partial charge in [0.15, 0.2) is 0 Å². The number of halogens is 2. The van der Waals surface area contributed by atoms with Crippen molar-refractivity contribution < 1.29 is 9.59 Å². The molecule has 0 atom stereocenters. The van der Waals surface area contributed by atoms with Gasteiger partial charge in [-0.25, -0.2) is 4.98 Å². The van der Waals surface area contributed by atoms with Crippen LogP contribution < -0.4 is 5.32 Å². The molecular formula is C23H24Cl2N4O2. The number of carbonyl (C=O) groups excluding carboxylic acids is 2. The van der Waals surface area contributed by atoms with Crippen LogP contribution in [0.3, 0.4) is 0 Å². The van der Waals surface area contributed by atoms with Gasteiger partial charge >= 0.3 is 0 Å². The summed E-state index contributed by atoms with van der Waals surface area (Å²) in [6.45, 7) is 5.50. The average molecular weight is 459 g/mol. The molecule has 2 aromatic carbocycles. The van der Waals surface area contributed by atoms with Gasteiger partial charge in [0.05, 0.1) is 27.8 Å². The zero-order valence-corrected chi connectivity index (χ0v) is 19.1. The lowest BCUT2D eigenvalue weighted by molar-refractivity contribution is -0.128. The molecule has 0 saturated carbocycles. The van der Waals surface area contributed by atoms with E-state index in [4.69, 9.17) is 28.2 Å². The molecule has 6 nitrogen and oxygen atoms in total. The van der Waals surface area contributed by atoms with E-state index < -0.39 is 0 Å². The highest BCUT2D eigenvalue weighted by Crippen LogP contribution is 2.38. The van der Waals surface area contributed by atoms with Gasteiger partial charge in [0.25, 0.3) is 0 Å². The van der Waals surface area contributed by atoms with E-state index in [-0.39, 0.29) is 16.8 Å². The molecule has 4 rings (SSSR count). The van der Waals surface area contributed by atoms with E-state index in [1.807, 2.05) is 24.0 Å². The van der Waals surface area contributed by atoms with Crippen LogP contribution in [0.4, 0.5) is 5.69 Å². The highest BCUT2D eigenvalue weighted by atomic mass is 35.5. The summed E-state index contributed by atoms with van der Waals surface area (Å²) in [6, 6.07) is 10.0.